The molecule has 0 atom stereocenters. The Kier molecular flexibility index (Phi) is 5.34. The van der Waals surface area contributed by atoms with Gasteiger partial charge in [-0.15, -0.1) is 0 Å². The number of benzene rings is 1. The molecule has 0 radical (unpaired) electrons. The maximum Gasteiger partial charge on any atom is 0.332 e. The Morgan fingerprint density at radius 3 is 2.24 bits per heavy atom. The Morgan fingerprint density at radius 1 is 1.08 bits per heavy atom. The Morgan fingerprint density at radius 2 is 1.68 bits per heavy atom. The summed E-state index contributed by atoms with van der Waals surface area (Å²) < 4.78 is 26.3. The maximum absolute atomic E-state index is 12.3. The van der Waals surface area contributed by atoms with E-state index in [1.807, 2.05) is 13.8 Å². The second-order valence-corrected chi connectivity index (χ2v) is 9.06. The van der Waals surface area contributed by atoms with Crippen LogP contribution >= 0.6 is 0 Å². The standard InChI is InChI=1S/C18H27N3O3S/c1-12(2)19-9-10-25(23,24)21-18(22)20-17-15-7-3-5-13(15)11-14-6-4-8-16(14)17/h11-12,19H,3-10H2,1-2H3,(H2,20,21,22). The monoisotopic (exact) mass is 365 g/mol. The number of urea groups is 1. The van der Waals surface area contributed by atoms with Gasteiger partial charge in [0, 0.05) is 18.3 Å². The summed E-state index contributed by atoms with van der Waals surface area (Å²) in [6.45, 7) is 4.21. The summed E-state index contributed by atoms with van der Waals surface area (Å²) >= 11 is 0. The molecule has 2 aliphatic carbocycles. The van der Waals surface area contributed by atoms with Crippen LogP contribution in [-0.2, 0) is 35.7 Å². The fourth-order valence-electron chi connectivity index (χ4n) is 3.78. The van der Waals surface area contributed by atoms with Crippen molar-refractivity contribution in [3.63, 3.8) is 0 Å². The number of sulfonamides is 1. The van der Waals surface area contributed by atoms with Crippen molar-refractivity contribution in [2.75, 3.05) is 17.6 Å². The van der Waals surface area contributed by atoms with Gasteiger partial charge in [0.1, 0.15) is 0 Å². The Hall–Kier alpha value is -1.60. The predicted octanol–water partition coefficient (Wildman–Crippen LogP) is 2.11. The number of carbonyl (C=O) groups is 1. The number of hydrogen-bond acceptors (Lipinski definition) is 4. The lowest BCUT2D eigenvalue weighted by Gasteiger charge is -2.16. The molecule has 1 aromatic carbocycles. The molecule has 0 spiro atoms. The normalized spacial score (nSPS) is 16.0. The molecule has 138 valence electrons. The van der Waals surface area contributed by atoms with E-state index in [1.165, 1.54) is 22.3 Å². The lowest BCUT2D eigenvalue weighted by molar-refractivity contribution is 0.256. The van der Waals surface area contributed by atoms with Crippen LogP contribution in [0.5, 0.6) is 0 Å². The second kappa shape index (κ2) is 7.33. The van der Waals surface area contributed by atoms with Crippen molar-refractivity contribution in [3.05, 3.63) is 28.3 Å². The first kappa shape index (κ1) is 18.2. The van der Waals surface area contributed by atoms with E-state index in [-0.39, 0.29) is 11.8 Å². The lowest BCUT2D eigenvalue weighted by atomic mass is 9.99. The van der Waals surface area contributed by atoms with Crippen LogP contribution in [0.25, 0.3) is 0 Å². The van der Waals surface area contributed by atoms with Crippen LogP contribution in [-0.4, -0.2) is 32.8 Å². The highest BCUT2D eigenvalue weighted by molar-refractivity contribution is 7.90. The molecule has 2 amide bonds. The third-order valence-corrected chi connectivity index (χ3v) is 6.12. The molecule has 0 aromatic heterocycles. The van der Waals surface area contributed by atoms with Crippen LogP contribution in [0, 0.1) is 0 Å². The van der Waals surface area contributed by atoms with E-state index in [1.54, 1.807) is 0 Å². The molecule has 0 unspecified atom stereocenters. The number of aryl methyl sites for hydroxylation is 2. The first-order valence-electron chi connectivity index (χ1n) is 9.07. The summed E-state index contributed by atoms with van der Waals surface area (Å²) in [7, 11) is -3.65. The number of nitrogens with one attached hydrogen (secondary N) is 3. The Labute approximate surface area is 149 Å². The molecular weight excluding hydrogens is 338 g/mol. The molecule has 2 aliphatic rings. The van der Waals surface area contributed by atoms with Gasteiger partial charge < -0.3 is 10.6 Å². The van der Waals surface area contributed by atoms with Gasteiger partial charge in [-0.25, -0.2) is 17.9 Å². The van der Waals surface area contributed by atoms with Gasteiger partial charge in [-0.1, -0.05) is 19.9 Å². The summed E-state index contributed by atoms with van der Waals surface area (Å²) in [5, 5.41) is 5.89. The lowest BCUT2D eigenvalue weighted by Crippen LogP contribution is -2.39. The van der Waals surface area contributed by atoms with E-state index in [0.29, 0.717) is 6.54 Å². The highest BCUT2D eigenvalue weighted by Crippen LogP contribution is 2.38. The van der Waals surface area contributed by atoms with E-state index in [0.717, 1.165) is 44.2 Å². The number of hydrogen-bond donors (Lipinski definition) is 3. The second-order valence-electron chi connectivity index (χ2n) is 7.22. The summed E-state index contributed by atoms with van der Waals surface area (Å²) in [6, 6.07) is 1.83. The zero-order valence-electron chi connectivity index (χ0n) is 14.9. The van der Waals surface area contributed by atoms with Crippen molar-refractivity contribution in [2.45, 2.75) is 58.4 Å². The molecule has 3 N–H and O–H groups in total. The molecule has 7 heteroatoms. The zero-order chi connectivity index (χ0) is 18.0. The largest absolute Gasteiger partial charge is 0.332 e. The topological polar surface area (TPSA) is 87.3 Å². The van der Waals surface area contributed by atoms with Crippen LogP contribution in [0.15, 0.2) is 6.07 Å². The van der Waals surface area contributed by atoms with Crippen LogP contribution in [0.4, 0.5) is 10.5 Å². The summed E-state index contributed by atoms with van der Waals surface area (Å²) in [6.07, 6.45) is 6.16. The van der Waals surface area contributed by atoms with Crippen molar-refractivity contribution in [1.82, 2.24) is 10.0 Å². The average Bonchev–Trinajstić information content (AvgIpc) is 3.14. The SMILES string of the molecule is CC(C)NCCS(=O)(=O)NC(=O)Nc1c2c(cc3c1CCC3)CCC2. The van der Waals surface area contributed by atoms with Crippen LogP contribution < -0.4 is 15.4 Å². The van der Waals surface area contributed by atoms with Gasteiger partial charge >= 0.3 is 6.03 Å². The highest BCUT2D eigenvalue weighted by Gasteiger charge is 2.25. The molecule has 1 aromatic rings. The van der Waals surface area contributed by atoms with E-state index >= 15 is 0 Å². The Bertz CT molecular complexity index is 740. The average molecular weight is 365 g/mol. The van der Waals surface area contributed by atoms with Gasteiger partial charge in [-0.3, -0.25) is 0 Å². The molecule has 0 aliphatic heterocycles. The fraction of sp³-hybridized carbons (Fsp3) is 0.611. The third-order valence-electron chi connectivity index (χ3n) is 4.88. The van der Waals surface area contributed by atoms with Gasteiger partial charge in [-0.05, 0) is 60.8 Å². The smallest absolute Gasteiger partial charge is 0.313 e. The third kappa shape index (κ3) is 4.33. The molecular formula is C18H27N3O3S. The summed E-state index contributed by atoms with van der Waals surface area (Å²) in [5.74, 6) is -0.121. The summed E-state index contributed by atoms with van der Waals surface area (Å²) in [5.41, 5.74) is 5.85. The fourth-order valence-corrected chi connectivity index (χ4v) is 4.60. The number of amides is 2. The molecule has 0 fully saturated rings. The van der Waals surface area contributed by atoms with Gasteiger partial charge in [0.15, 0.2) is 0 Å². The number of rotatable bonds is 6. The Balaban J connectivity index is 1.70. The maximum atomic E-state index is 12.3. The number of anilines is 1. The summed E-state index contributed by atoms with van der Waals surface area (Å²) in [4.78, 5) is 12.3. The molecule has 6 nitrogen and oxygen atoms in total. The molecule has 0 saturated heterocycles. The highest BCUT2D eigenvalue weighted by atomic mass is 32.2. The van der Waals surface area contributed by atoms with Crippen molar-refractivity contribution in [2.24, 2.45) is 0 Å². The van der Waals surface area contributed by atoms with E-state index in [4.69, 9.17) is 0 Å². The van der Waals surface area contributed by atoms with Crippen molar-refractivity contribution in [3.8, 4) is 0 Å². The minimum atomic E-state index is -3.65. The molecule has 0 bridgehead atoms. The molecule has 0 saturated carbocycles. The first-order chi connectivity index (χ1) is 11.9. The first-order valence-corrected chi connectivity index (χ1v) is 10.7. The number of fused-ring (bicyclic) bond motifs is 2. The van der Waals surface area contributed by atoms with E-state index in [9.17, 15) is 13.2 Å². The predicted molar refractivity (Wildman–Crippen MR) is 99.6 cm³/mol. The van der Waals surface area contributed by atoms with Gasteiger partial charge in [0.2, 0.25) is 10.0 Å². The minimum absolute atomic E-state index is 0.121. The van der Waals surface area contributed by atoms with E-state index < -0.39 is 16.1 Å². The van der Waals surface area contributed by atoms with Crippen molar-refractivity contribution >= 4 is 21.7 Å². The zero-order valence-corrected chi connectivity index (χ0v) is 15.8. The molecule has 25 heavy (non-hydrogen) atoms. The van der Waals surface area contributed by atoms with Gasteiger partial charge in [0.25, 0.3) is 0 Å². The number of carbonyl (C=O) groups excluding carboxylic acids is 1. The van der Waals surface area contributed by atoms with Gasteiger partial charge in [-0.2, -0.15) is 0 Å². The van der Waals surface area contributed by atoms with E-state index in [2.05, 4.69) is 21.4 Å². The minimum Gasteiger partial charge on any atom is -0.313 e. The van der Waals surface area contributed by atoms with Crippen LogP contribution in [0.3, 0.4) is 0 Å². The van der Waals surface area contributed by atoms with Crippen molar-refractivity contribution < 1.29 is 13.2 Å². The van der Waals surface area contributed by atoms with Crippen molar-refractivity contribution in [1.29, 1.82) is 0 Å². The quantitative estimate of drug-likeness (QED) is 0.721. The van der Waals surface area contributed by atoms with Crippen LogP contribution in [0.1, 0.15) is 48.9 Å². The molecule has 0 heterocycles. The molecule has 3 rings (SSSR count). The van der Waals surface area contributed by atoms with Crippen LogP contribution in [0.2, 0.25) is 0 Å². The van der Waals surface area contributed by atoms with Gasteiger partial charge in [0.05, 0.1) is 5.75 Å².